The van der Waals surface area contributed by atoms with E-state index in [1.165, 1.54) is 23.6 Å². The van der Waals surface area contributed by atoms with Crippen LogP contribution < -0.4 is 15.4 Å². The molecule has 8 heteroatoms. The quantitative estimate of drug-likeness (QED) is 0.337. The summed E-state index contributed by atoms with van der Waals surface area (Å²) in [6.45, 7) is 5.74. The van der Waals surface area contributed by atoms with E-state index in [1.54, 1.807) is 0 Å². The van der Waals surface area contributed by atoms with E-state index < -0.39 is 0 Å². The summed E-state index contributed by atoms with van der Waals surface area (Å²) in [6, 6.07) is 10.4. The van der Waals surface area contributed by atoms with Crippen LogP contribution in [0.5, 0.6) is 6.01 Å². The fourth-order valence-electron chi connectivity index (χ4n) is 5.92. The minimum Gasteiger partial charge on any atom is -0.462 e. The van der Waals surface area contributed by atoms with Crippen molar-refractivity contribution in [2.45, 2.75) is 37.6 Å². The van der Waals surface area contributed by atoms with E-state index in [0.29, 0.717) is 54.3 Å². The summed E-state index contributed by atoms with van der Waals surface area (Å²) in [6.07, 6.45) is 5.71. The molecular formula is C29H32FN5O2. The van der Waals surface area contributed by atoms with Crippen LogP contribution in [0.25, 0.3) is 22.0 Å². The third-order valence-corrected chi connectivity index (χ3v) is 8.03. The molecule has 1 aromatic heterocycles. The highest BCUT2D eigenvalue weighted by Crippen LogP contribution is 2.58. The Labute approximate surface area is 216 Å². The van der Waals surface area contributed by atoms with Gasteiger partial charge in [-0.3, -0.25) is 4.79 Å². The largest absolute Gasteiger partial charge is 0.462 e. The molecule has 37 heavy (non-hydrogen) atoms. The van der Waals surface area contributed by atoms with E-state index in [9.17, 15) is 4.79 Å². The number of aromatic nitrogens is 2. The van der Waals surface area contributed by atoms with Crippen molar-refractivity contribution in [1.29, 1.82) is 0 Å². The number of amides is 1. The molecule has 2 aromatic carbocycles. The van der Waals surface area contributed by atoms with Crippen molar-refractivity contribution in [3.05, 3.63) is 59.9 Å². The first-order valence-electron chi connectivity index (χ1n) is 13.1. The van der Waals surface area contributed by atoms with Gasteiger partial charge in [0.25, 0.3) is 0 Å². The highest BCUT2D eigenvalue weighted by Gasteiger charge is 2.46. The van der Waals surface area contributed by atoms with Gasteiger partial charge in [0.05, 0.1) is 0 Å². The Morgan fingerprint density at radius 1 is 1.24 bits per heavy atom. The zero-order valence-electron chi connectivity index (χ0n) is 21.1. The molecule has 0 spiro atoms. The Hall–Kier alpha value is -3.52. The van der Waals surface area contributed by atoms with Crippen molar-refractivity contribution >= 4 is 22.6 Å². The van der Waals surface area contributed by atoms with Crippen LogP contribution >= 0.6 is 0 Å². The zero-order valence-corrected chi connectivity index (χ0v) is 21.1. The first kappa shape index (κ1) is 23.9. The second-order valence-electron chi connectivity index (χ2n) is 10.4. The molecule has 0 radical (unpaired) electrons. The summed E-state index contributed by atoms with van der Waals surface area (Å²) >= 11 is 0. The maximum Gasteiger partial charge on any atom is 0.319 e. The smallest absolute Gasteiger partial charge is 0.319 e. The second kappa shape index (κ2) is 9.74. The van der Waals surface area contributed by atoms with E-state index >= 15 is 4.39 Å². The summed E-state index contributed by atoms with van der Waals surface area (Å²) in [5.41, 5.74) is 4.42. The highest BCUT2D eigenvalue weighted by atomic mass is 19.1. The van der Waals surface area contributed by atoms with Gasteiger partial charge in [0.1, 0.15) is 17.9 Å². The molecule has 1 saturated heterocycles. The van der Waals surface area contributed by atoms with Crippen LogP contribution in [0.1, 0.15) is 36.3 Å². The highest BCUT2D eigenvalue weighted by molar-refractivity contribution is 5.93. The van der Waals surface area contributed by atoms with Crippen molar-refractivity contribution in [3.63, 3.8) is 0 Å². The lowest BCUT2D eigenvalue weighted by Gasteiger charge is -2.19. The van der Waals surface area contributed by atoms with Crippen LogP contribution in [-0.2, 0) is 11.2 Å². The number of hydrogen-bond acceptors (Lipinski definition) is 6. The third kappa shape index (κ3) is 4.55. The first-order valence-corrected chi connectivity index (χ1v) is 13.1. The van der Waals surface area contributed by atoms with Crippen molar-refractivity contribution < 1.29 is 13.9 Å². The van der Waals surface area contributed by atoms with Crippen molar-refractivity contribution in [1.82, 2.24) is 20.2 Å². The van der Waals surface area contributed by atoms with E-state index in [0.717, 1.165) is 31.4 Å². The number of halogens is 1. The number of likely N-dealkylation sites (tertiary alicyclic amines) is 1. The molecular weight excluding hydrogens is 469 g/mol. The Balaban J connectivity index is 1.35. The number of likely N-dealkylation sites (N-methyl/N-ethyl adjacent to an activating group) is 1. The maximum absolute atomic E-state index is 16.2. The van der Waals surface area contributed by atoms with Crippen LogP contribution in [0.3, 0.4) is 0 Å². The lowest BCUT2D eigenvalue weighted by atomic mass is 9.93. The molecule has 7 nitrogen and oxygen atoms in total. The van der Waals surface area contributed by atoms with Gasteiger partial charge in [0.15, 0.2) is 5.82 Å². The molecule has 2 aliphatic carbocycles. The first-order chi connectivity index (χ1) is 18.0. The Kier molecular flexibility index (Phi) is 6.28. The summed E-state index contributed by atoms with van der Waals surface area (Å²) in [7, 11) is 2.08. The molecule has 2 heterocycles. The van der Waals surface area contributed by atoms with E-state index in [1.807, 2.05) is 24.3 Å². The minimum atomic E-state index is -0.358. The molecule has 0 unspecified atom stereocenters. The number of carbonyl (C=O) groups is 1. The lowest BCUT2D eigenvalue weighted by Crippen LogP contribution is -2.31. The number of nitrogens with zero attached hydrogens (tertiary/aromatic N) is 3. The number of anilines is 1. The Morgan fingerprint density at radius 3 is 2.95 bits per heavy atom. The molecule has 1 aliphatic heterocycles. The predicted octanol–water partition coefficient (Wildman–Crippen LogP) is 4.28. The van der Waals surface area contributed by atoms with Gasteiger partial charge in [0, 0.05) is 30.1 Å². The molecule has 6 rings (SSSR count). The van der Waals surface area contributed by atoms with Crippen molar-refractivity contribution in [2.75, 3.05) is 38.6 Å². The third-order valence-electron chi connectivity index (χ3n) is 8.03. The number of rotatable bonds is 9. The molecule has 2 N–H and O–H groups in total. The minimum absolute atomic E-state index is 0.155. The van der Waals surface area contributed by atoms with E-state index in [4.69, 9.17) is 4.74 Å². The maximum atomic E-state index is 16.2. The van der Waals surface area contributed by atoms with Gasteiger partial charge in [-0.05, 0) is 79.9 Å². The summed E-state index contributed by atoms with van der Waals surface area (Å²) < 4.78 is 22.2. The summed E-state index contributed by atoms with van der Waals surface area (Å²) in [5.74, 6) is 1.15. The van der Waals surface area contributed by atoms with E-state index in [-0.39, 0.29) is 23.3 Å². The number of nitrogens with one attached hydrogen (secondary N) is 2. The zero-order chi connectivity index (χ0) is 25.5. The van der Waals surface area contributed by atoms with E-state index in [2.05, 4.69) is 45.2 Å². The number of fused-ring (bicyclic) bond motifs is 4. The normalized spacial score (nSPS) is 21.9. The summed E-state index contributed by atoms with van der Waals surface area (Å²) in [4.78, 5) is 22.9. The van der Waals surface area contributed by atoms with Crippen LogP contribution in [0.2, 0.25) is 0 Å². The number of hydrogen-bond donors (Lipinski definition) is 2. The molecule has 1 amide bonds. The van der Waals surface area contributed by atoms with Gasteiger partial charge < -0.3 is 20.3 Å². The summed E-state index contributed by atoms with van der Waals surface area (Å²) in [5, 5.41) is 6.54. The standard InChI is InChI=1S/C29H32FN5O2/c1-3-24(36)31-11-12-32-28-22-10-9-21(20-8-4-6-17-14-18-15-23(18)25(17)20)26(30)27(22)33-29(34-28)37-16-19-7-5-13-35(19)2/h3-4,6,8-10,18-19,23H,1,5,7,11-16H2,2H3,(H,31,36)(H,32,33,34)/t18-,19-,23+/m0/s1. The second-order valence-corrected chi connectivity index (χ2v) is 10.4. The predicted molar refractivity (Wildman–Crippen MR) is 142 cm³/mol. The molecule has 1 saturated carbocycles. The molecule has 3 atom stereocenters. The number of carbonyl (C=O) groups excluding carboxylic acids is 1. The average molecular weight is 502 g/mol. The van der Waals surface area contributed by atoms with Crippen LogP contribution in [0.4, 0.5) is 10.2 Å². The fourth-order valence-corrected chi connectivity index (χ4v) is 5.92. The molecule has 192 valence electrons. The van der Waals surface area contributed by atoms with Crippen LogP contribution in [-0.4, -0.2) is 60.1 Å². The fraction of sp³-hybridized carbons (Fsp3) is 0.414. The van der Waals surface area contributed by atoms with Gasteiger partial charge in [0.2, 0.25) is 5.91 Å². The molecule has 2 fully saturated rings. The van der Waals surface area contributed by atoms with Crippen LogP contribution in [0, 0.1) is 11.7 Å². The van der Waals surface area contributed by atoms with Crippen LogP contribution in [0.15, 0.2) is 43.0 Å². The topological polar surface area (TPSA) is 79.4 Å². The monoisotopic (exact) mass is 501 g/mol. The van der Waals surface area contributed by atoms with Gasteiger partial charge in [-0.2, -0.15) is 9.97 Å². The van der Waals surface area contributed by atoms with Crippen molar-refractivity contribution in [2.24, 2.45) is 5.92 Å². The number of benzene rings is 2. The Bertz CT molecular complexity index is 1380. The molecule has 0 bridgehead atoms. The van der Waals surface area contributed by atoms with Gasteiger partial charge in [-0.25, -0.2) is 4.39 Å². The van der Waals surface area contributed by atoms with Crippen molar-refractivity contribution in [3.8, 4) is 17.1 Å². The van der Waals surface area contributed by atoms with Gasteiger partial charge in [-0.1, -0.05) is 30.8 Å². The molecule has 3 aliphatic rings. The van der Waals surface area contributed by atoms with Gasteiger partial charge in [-0.15, -0.1) is 0 Å². The van der Waals surface area contributed by atoms with Gasteiger partial charge >= 0.3 is 6.01 Å². The number of ether oxygens (including phenoxy) is 1. The molecule has 3 aromatic rings. The Morgan fingerprint density at radius 2 is 2.14 bits per heavy atom. The average Bonchev–Trinajstić information content (AvgIpc) is 3.38. The SMILES string of the molecule is C=CC(=O)NCCNc1nc(OC[C@@H]2CCCN2C)nc2c(F)c(-c3cccc4c3[C@@H]3C[C@@H]3C4)ccc12. The lowest BCUT2D eigenvalue weighted by molar-refractivity contribution is -0.116.